The molecule has 1 unspecified atom stereocenters. The third-order valence-electron chi connectivity index (χ3n) is 4.75. The first-order chi connectivity index (χ1) is 8.62. The molecule has 106 valence electrons. The van der Waals surface area contributed by atoms with Crippen LogP contribution in [0.4, 0.5) is 0 Å². The van der Waals surface area contributed by atoms with Crippen LogP contribution >= 0.6 is 0 Å². The van der Waals surface area contributed by atoms with Crippen LogP contribution in [-0.2, 0) is 4.74 Å². The van der Waals surface area contributed by atoms with Gasteiger partial charge in [-0.1, -0.05) is 13.8 Å². The zero-order chi connectivity index (χ0) is 13.0. The Bertz CT molecular complexity index is 245. The molecule has 1 heterocycles. The zero-order valence-corrected chi connectivity index (χ0v) is 12.4. The van der Waals surface area contributed by atoms with Gasteiger partial charge in [-0.05, 0) is 50.1 Å². The van der Waals surface area contributed by atoms with Crippen LogP contribution in [-0.4, -0.2) is 51.3 Å². The molecule has 0 aromatic rings. The lowest BCUT2D eigenvalue weighted by atomic mass is 9.76. The van der Waals surface area contributed by atoms with Gasteiger partial charge in [0.1, 0.15) is 0 Å². The van der Waals surface area contributed by atoms with Crippen molar-refractivity contribution in [1.29, 1.82) is 0 Å². The maximum atomic E-state index is 5.73. The highest BCUT2D eigenvalue weighted by Crippen LogP contribution is 2.34. The molecule has 0 spiro atoms. The summed E-state index contributed by atoms with van der Waals surface area (Å²) in [6.45, 7) is 11.3. The average Bonchev–Trinajstić information content (AvgIpc) is 3.03. The van der Waals surface area contributed by atoms with Gasteiger partial charge in [0, 0.05) is 26.2 Å². The minimum atomic E-state index is 0.477. The molecule has 1 saturated carbocycles. The molecular weight excluding hydrogens is 224 g/mol. The topological polar surface area (TPSA) is 24.5 Å². The molecule has 0 radical (unpaired) electrons. The number of likely N-dealkylation sites (N-methyl/N-ethyl adjacent to an activating group) is 1. The quantitative estimate of drug-likeness (QED) is 0.670. The number of hydrogen-bond acceptors (Lipinski definition) is 3. The van der Waals surface area contributed by atoms with Crippen molar-refractivity contribution in [2.75, 3.05) is 46.4 Å². The average molecular weight is 254 g/mol. The van der Waals surface area contributed by atoms with Crippen molar-refractivity contribution in [3.63, 3.8) is 0 Å². The Labute approximate surface area is 112 Å². The van der Waals surface area contributed by atoms with E-state index in [4.69, 9.17) is 4.74 Å². The Morgan fingerprint density at radius 1 is 1.39 bits per heavy atom. The van der Waals surface area contributed by atoms with Gasteiger partial charge >= 0.3 is 0 Å². The van der Waals surface area contributed by atoms with E-state index in [-0.39, 0.29) is 0 Å². The van der Waals surface area contributed by atoms with E-state index < -0.39 is 0 Å². The van der Waals surface area contributed by atoms with Gasteiger partial charge < -0.3 is 15.0 Å². The van der Waals surface area contributed by atoms with E-state index in [0.717, 1.165) is 31.6 Å². The molecule has 1 aliphatic carbocycles. The van der Waals surface area contributed by atoms with E-state index in [2.05, 4.69) is 31.1 Å². The fraction of sp³-hybridized carbons (Fsp3) is 1.00. The number of rotatable bonds is 8. The molecule has 1 aliphatic heterocycles. The number of ether oxygens (including phenoxy) is 1. The van der Waals surface area contributed by atoms with E-state index in [9.17, 15) is 0 Å². The van der Waals surface area contributed by atoms with Crippen molar-refractivity contribution >= 4 is 0 Å². The molecule has 2 rings (SSSR count). The molecule has 18 heavy (non-hydrogen) atoms. The third-order valence-corrected chi connectivity index (χ3v) is 4.75. The second kappa shape index (κ2) is 6.36. The summed E-state index contributed by atoms with van der Waals surface area (Å²) in [5, 5.41) is 3.53. The summed E-state index contributed by atoms with van der Waals surface area (Å²) in [6.07, 6.45) is 4.09. The van der Waals surface area contributed by atoms with Gasteiger partial charge in [0.25, 0.3) is 0 Å². The summed E-state index contributed by atoms with van der Waals surface area (Å²) in [7, 11) is 2.24. The number of nitrogens with one attached hydrogen (secondary N) is 1. The summed E-state index contributed by atoms with van der Waals surface area (Å²) in [5.74, 6) is 1.64. The van der Waals surface area contributed by atoms with Crippen LogP contribution in [0, 0.1) is 17.3 Å². The van der Waals surface area contributed by atoms with Crippen LogP contribution in [0.5, 0.6) is 0 Å². The molecule has 1 saturated heterocycles. The van der Waals surface area contributed by atoms with Gasteiger partial charge in [0.15, 0.2) is 0 Å². The first-order valence-corrected chi connectivity index (χ1v) is 7.59. The summed E-state index contributed by atoms with van der Waals surface area (Å²) in [4.78, 5) is 2.46. The Kier molecular flexibility index (Phi) is 5.05. The molecule has 0 amide bonds. The Morgan fingerprint density at radius 2 is 2.17 bits per heavy atom. The van der Waals surface area contributed by atoms with Crippen molar-refractivity contribution in [2.24, 2.45) is 17.3 Å². The van der Waals surface area contributed by atoms with Crippen LogP contribution in [0.3, 0.4) is 0 Å². The van der Waals surface area contributed by atoms with Crippen LogP contribution in [0.2, 0.25) is 0 Å². The first kappa shape index (κ1) is 14.3. The summed E-state index contributed by atoms with van der Waals surface area (Å²) in [5.41, 5.74) is 0.477. The van der Waals surface area contributed by atoms with E-state index in [1.165, 1.54) is 38.9 Å². The maximum Gasteiger partial charge on any atom is 0.0593 e. The second-order valence-corrected chi connectivity index (χ2v) is 6.70. The van der Waals surface area contributed by atoms with Gasteiger partial charge in [0.2, 0.25) is 0 Å². The molecule has 1 N–H and O–H groups in total. The normalized spacial score (nSPS) is 28.5. The van der Waals surface area contributed by atoms with Crippen molar-refractivity contribution in [3.8, 4) is 0 Å². The van der Waals surface area contributed by atoms with Crippen molar-refractivity contribution in [2.45, 2.75) is 33.1 Å². The Morgan fingerprint density at radius 3 is 2.72 bits per heavy atom. The molecule has 2 aliphatic rings. The number of nitrogens with zero attached hydrogens (tertiary/aromatic N) is 1. The molecule has 0 bridgehead atoms. The smallest absolute Gasteiger partial charge is 0.0593 e. The monoisotopic (exact) mass is 254 g/mol. The lowest BCUT2D eigenvalue weighted by Crippen LogP contribution is -2.42. The summed E-state index contributed by atoms with van der Waals surface area (Å²) >= 11 is 0. The Balaban J connectivity index is 1.65. The van der Waals surface area contributed by atoms with Crippen LogP contribution in [0.1, 0.15) is 33.1 Å². The van der Waals surface area contributed by atoms with Gasteiger partial charge in [-0.15, -0.1) is 0 Å². The molecule has 1 atom stereocenters. The maximum absolute atomic E-state index is 5.73. The summed E-state index contributed by atoms with van der Waals surface area (Å²) in [6, 6.07) is 0. The molecule has 3 nitrogen and oxygen atoms in total. The van der Waals surface area contributed by atoms with E-state index >= 15 is 0 Å². The predicted octanol–water partition coefficient (Wildman–Crippen LogP) is 1.98. The van der Waals surface area contributed by atoms with Crippen LogP contribution in [0.15, 0.2) is 0 Å². The van der Waals surface area contributed by atoms with Crippen LogP contribution < -0.4 is 5.32 Å². The largest absolute Gasteiger partial charge is 0.380 e. The predicted molar refractivity (Wildman–Crippen MR) is 75.8 cm³/mol. The zero-order valence-electron chi connectivity index (χ0n) is 12.4. The second-order valence-electron chi connectivity index (χ2n) is 6.70. The van der Waals surface area contributed by atoms with Crippen LogP contribution in [0.25, 0.3) is 0 Å². The fourth-order valence-electron chi connectivity index (χ4n) is 2.94. The van der Waals surface area contributed by atoms with Crippen molar-refractivity contribution in [3.05, 3.63) is 0 Å². The highest BCUT2D eigenvalue weighted by atomic mass is 16.5. The van der Waals surface area contributed by atoms with E-state index in [1.807, 2.05) is 0 Å². The molecule has 0 aromatic carbocycles. The minimum absolute atomic E-state index is 0.477. The fourth-order valence-corrected chi connectivity index (χ4v) is 2.94. The molecular formula is C15H30N2O. The standard InChI is InChI=1S/C15H30N2O/c1-13(2)15(6-7-16-11-15)12-17(3)8-9-18-10-14-4-5-14/h13-14,16H,4-12H2,1-3H3. The van der Waals surface area contributed by atoms with E-state index in [1.54, 1.807) is 0 Å². The minimum Gasteiger partial charge on any atom is -0.380 e. The lowest BCUT2D eigenvalue weighted by molar-refractivity contribution is 0.0779. The molecule has 2 fully saturated rings. The van der Waals surface area contributed by atoms with Crippen molar-refractivity contribution < 1.29 is 4.74 Å². The number of hydrogen-bond donors (Lipinski definition) is 1. The molecule has 0 aromatic heterocycles. The lowest BCUT2D eigenvalue weighted by Gasteiger charge is -2.36. The summed E-state index contributed by atoms with van der Waals surface area (Å²) < 4.78 is 5.73. The van der Waals surface area contributed by atoms with Gasteiger partial charge in [-0.25, -0.2) is 0 Å². The highest BCUT2D eigenvalue weighted by molar-refractivity contribution is 4.92. The van der Waals surface area contributed by atoms with E-state index in [0.29, 0.717) is 5.41 Å². The van der Waals surface area contributed by atoms with Crippen molar-refractivity contribution in [1.82, 2.24) is 10.2 Å². The van der Waals surface area contributed by atoms with Gasteiger partial charge in [-0.3, -0.25) is 0 Å². The molecule has 3 heteroatoms. The SMILES string of the molecule is CC(C)C1(CN(C)CCOCC2CC2)CCNC1. The highest BCUT2D eigenvalue weighted by Gasteiger charge is 2.37. The van der Waals surface area contributed by atoms with Gasteiger partial charge in [0.05, 0.1) is 6.61 Å². The Hall–Kier alpha value is -0.120. The first-order valence-electron chi connectivity index (χ1n) is 7.59. The van der Waals surface area contributed by atoms with Gasteiger partial charge in [-0.2, -0.15) is 0 Å². The third kappa shape index (κ3) is 3.94.